The first-order chi connectivity index (χ1) is 18.0. The minimum Gasteiger partial charge on any atom is -0.355 e. The normalized spacial score (nSPS) is 12.0. The molecule has 3 aromatic carbocycles. The van der Waals surface area contributed by atoms with Crippen LogP contribution < -0.4 is 9.62 Å². The highest BCUT2D eigenvalue weighted by Crippen LogP contribution is 2.26. The second kappa shape index (κ2) is 13.5. The maximum atomic E-state index is 13.9. The topological polar surface area (TPSA) is 86.8 Å². The van der Waals surface area contributed by atoms with Crippen LogP contribution in [0.2, 0.25) is 10.0 Å². The average Bonchev–Trinajstić information content (AvgIpc) is 2.86. The third-order valence-electron chi connectivity index (χ3n) is 5.73. The molecule has 0 aliphatic rings. The van der Waals surface area contributed by atoms with Crippen LogP contribution in [0.1, 0.15) is 18.1 Å². The number of carbonyl (C=O) groups excluding carboxylic acids is 2. The van der Waals surface area contributed by atoms with Gasteiger partial charge >= 0.3 is 0 Å². The van der Waals surface area contributed by atoms with Crippen molar-refractivity contribution in [1.29, 1.82) is 0 Å². The largest absolute Gasteiger partial charge is 0.355 e. The zero-order valence-corrected chi connectivity index (χ0v) is 24.8. The summed E-state index contributed by atoms with van der Waals surface area (Å²) in [7, 11) is -3.84. The molecule has 1 atom stereocenters. The van der Waals surface area contributed by atoms with Crippen molar-refractivity contribution in [2.24, 2.45) is 0 Å². The molecular weight excluding hydrogens is 613 g/mol. The summed E-state index contributed by atoms with van der Waals surface area (Å²) in [5.74, 6) is -0.896. The highest BCUT2D eigenvalue weighted by atomic mass is 79.9. The van der Waals surface area contributed by atoms with E-state index in [1.54, 1.807) is 49.4 Å². The minimum atomic E-state index is -3.84. The van der Waals surface area contributed by atoms with Crippen LogP contribution in [0.25, 0.3) is 0 Å². The van der Waals surface area contributed by atoms with Crippen LogP contribution in [-0.4, -0.2) is 50.5 Å². The molecule has 0 fully saturated rings. The Kier molecular flexibility index (Phi) is 10.6. The molecule has 3 rings (SSSR count). The Bertz CT molecular complexity index is 1390. The lowest BCUT2D eigenvalue weighted by Gasteiger charge is -2.33. The number of nitrogens with zero attached hydrogens (tertiary/aromatic N) is 2. The van der Waals surface area contributed by atoms with Crippen molar-refractivity contribution in [3.05, 3.63) is 98.4 Å². The van der Waals surface area contributed by atoms with Gasteiger partial charge in [0.15, 0.2) is 0 Å². The molecule has 0 spiro atoms. The number of benzene rings is 3. The number of hydrogen-bond acceptors (Lipinski definition) is 4. The lowest BCUT2D eigenvalue weighted by atomic mass is 10.0. The van der Waals surface area contributed by atoms with Crippen molar-refractivity contribution in [2.75, 3.05) is 23.7 Å². The van der Waals surface area contributed by atoms with Crippen molar-refractivity contribution in [2.45, 2.75) is 25.9 Å². The van der Waals surface area contributed by atoms with E-state index in [0.717, 1.165) is 16.1 Å². The van der Waals surface area contributed by atoms with Gasteiger partial charge in [0, 0.05) is 24.0 Å². The number of nitrogens with one attached hydrogen (secondary N) is 1. The van der Waals surface area contributed by atoms with Gasteiger partial charge in [0.05, 0.1) is 22.0 Å². The predicted octanol–water partition coefficient (Wildman–Crippen LogP) is 5.30. The summed E-state index contributed by atoms with van der Waals surface area (Å²) >= 11 is 15.7. The molecule has 0 radical (unpaired) electrons. The molecule has 0 bridgehead atoms. The van der Waals surface area contributed by atoms with Gasteiger partial charge in [-0.1, -0.05) is 81.6 Å². The van der Waals surface area contributed by atoms with E-state index in [9.17, 15) is 18.0 Å². The molecule has 0 saturated carbocycles. The van der Waals surface area contributed by atoms with Crippen LogP contribution in [-0.2, 0) is 32.6 Å². The van der Waals surface area contributed by atoms with Crippen LogP contribution in [0.5, 0.6) is 0 Å². The number of hydrogen-bond donors (Lipinski definition) is 1. The Morgan fingerprint density at radius 1 is 0.947 bits per heavy atom. The van der Waals surface area contributed by atoms with Gasteiger partial charge in [0.2, 0.25) is 21.8 Å². The molecule has 11 heteroatoms. The first-order valence-corrected chi connectivity index (χ1v) is 15.2. The molecule has 0 aliphatic heterocycles. The van der Waals surface area contributed by atoms with Gasteiger partial charge in [-0.15, -0.1) is 0 Å². The van der Waals surface area contributed by atoms with E-state index in [0.29, 0.717) is 32.3 Å². The number of halogens is 3. The quantitative estimate of drug-likeness (QED) is 0.308. The average molecular weight is 641 g/mol. The number of amides is 2. The molecule has 202 valence electrons. The zero-order chi connectivity index (χ0) is 27.9. The highest BCUT2D eigenvalue weighted by molar-refractivity contribution is 9.10. The Morgan fingerprint density at radius 2 is 1.66 bits per heavy atom. The molecule has 0 aliphatic carbocycles. The molecule has 0 saturated heterocycles. The molecule has 3 aromatic rings. The second-order valence-electron chi connectivity index (χ2n) is 8.62. The van der Waals surface area contributed by atoms with Gasteiger partial charge in [-0.05, 0) is 48.4 Å². The molecule has 0 unspecified atom stereocenters. The summed E-state index contributed by atoms with van der Waals surface area (Å²) in [5, 5.41) is 3.48. The molecule has 0 heterocycles. The van der Waals surface area contributed by atoms with E-state index in [1.807, 2.05) is 30.3 Å². The smallest absolute Gasteiger partial charge is 0.244 e. The molecular formula is C27H28BrCl2N3O4S. The Hall–Kier alpha value is -2.59. The lowest BCUT2D eigenvalue weighted by molar-refractivity contribution is -0.140. The highest BCUT2D eigenvalue weighted by Gasteiger charge is 2.33. The SMILES string of the molecule is CCNC(=O)[C@H](Cc1ccccc1)N(Cc1ccc(Cl)c(Cl)c1)C(=O)CN(c1cccc(Br)c1)S(C)(=O)=O. The van der Waals surface area contributed by atoms with Gasteiger partial charge in [-0.25, -0.2) is 8.42 Å². The first-order valence-electron chi connectivity index (χ1n) is 11.8. The van der Waals surface area contributed by atoms with Crippen LogP contribution in [0.4, 0.5) is 5.69 Å². The lowest BCUT2D eigenvalue weighted by Crippen LogP contribution is -2.53. The van der Waals surface area contributed by atoms with Crippen LogP contribution >= 0.6 is 39.1 Å². The fourth-order valence-corrected chi connectivity index (χ4v) is 5.47. The molecule has 38 heavy (non-hydrogen) atoms. The number of rotatable bonds is 11. The second-order valence-corrected chi connectivity index (χ2v) is 12.3. The van der Waals surface area contributed by atoms with Crippen molar-refractivity contribution in [1.82, 2.24) is 10.2 Å². The van der Waals surface area contributed by atoms with Gasteiger partial charge in [-0.3, -0.25) is 13.9 Å². The predicted molar refractivity (Wildman–Crippen MR) is 156 cm³/mol. The van der Waals surface area contributed by atoms with E-state index in [4.69, 9.17) is 23.2 Å². The Morgan fingerprint density at radius 3 is 2.26 bits per heavy atom. The summed E-state index contributed by atoms with van der Waals surface area (Å²) < 4.78 is 27.2. The fourth-order valence-electron chi connectivity index (χ4n) is 3.93. The van der Waals surface area contributed by atoms with E-state index in [-0.39, 0.29) is 18.9 Å². The van der Waals surface area contributed by atoms with Gasteiger partial charge in [0.1, 0.15) is 12.6 Å². The molecule has 7 nitrogen and oxygen atoms in total. The van der Waals surface area contributed by atoms with Gasteiger partial charge in [0.25, 0.3) is 0 Å². The third kappa shape index (κ3) is 8.20. The molecule has 1 N–H and O–H groups in total. The third-order valence-corrected chi connectivity index (χ3v) is 8.11. The number of carbonyl (C=O) groups is 2. The summed E-state index contributed by atoms with van der Waals surface area (Å²) in [5.41, 5.74) is 1.81. The number of likely N-dealkylation sites (N-methyl/N-ethyl adjacent to an activating group) is 1. The van der Waals surface area contributed by atoms with E-state index in [1.165, 1.54) is 4.90 Å². The Balaban J connectivity index is 2.05. The van der Waals surface area contributed by atoms with Crippen LogP contribution in [0.3, 0.4) is 0 Å². The monoisotopic (exact) mass is 639 g/mol. The van der Waals surface area contributed by atoms with Crippen LogP contribution in [0.15, 0.2) is 77.3 Å². The van der Waals surface area contributed by atoms with E-state index in [2.05, 4.69) is 21.2 Å². The van der Waals surface area contributed by atoms with Crippen molar-refractivity contribution in [3.8, 4) is 0 Å². The van der Waals surface area contributed by atoms with E-state index < -0.39 is 28.5 Å². The van der Waals surface area contributed by atoms with Crippen LogP contribution in [0, 0.1) is 0 Å². The number of anilines is 1. The van der Waals surface area contributed by atoms with E-state index >= 15 is 0 Å². The van der Waals surface area contributed by atoms with Gasteiger partial charge < -0.3 is 10.2 Å². The van der Waals surface area contributed by atoms with Crippen molar-refractivity contribution < 1.29 is 18.0 Å². The van der Waals surface area contributed by atoms with Gasteiger partial charge in [-0.2, -0.15) is 0 Å². The fraction of sp³-hybridized carbons (Fsp3) is 0.259. The minimum absolute atomic E-state index is 0.0143. The Labute approximate surface area is 241 Å². The van der Waals surface area contributed by atoms with Crippen molar-refractivity contribution in [3.63, 3.8) is 0 Å². The maximum absolute atomic E-state index is 13.9. The molecule has 0 aromatic heterocycles. The van der Waals surface area contributed by atoms with Crippen molar-refractivity contribution >= 4 is 66.7 Å². The summed E-state index contributed by atoms with van der Waals surface area (Å²) in [6.07, 6.45) is 1.27. The summed E-state index contributed by atoms with van der Waals surface area (Å²) in [4.78, 5) is 28.6. The maximum Gasteiger partial charge on any atom is 0.244 e. The summed E-state index contributed by atoms with van der Waals surface area (Å²) in [6, 6.07) is 20.0. The molecule has 2 amide bonds. The summed E-state index contributed by atoms with van der Waals surface area (Å²) in [6.45, 7) is 1.68. The number of sulfonamides is 1. The standard InChI is InChI=1S/C27H28BrCl2N3O4S/c1-3-31-27(35)25(15-19-8-5-4-6-9-19)32(17-20-12-13-23(29)24(30)14-20)26(34)18-33(38(2,36)37)22-11-7-10-21(28)16-22/h4-14,16,25H,3,15,17-18H2,1-2H3,(H,31,35)/t25-/m0/s1. The zero-order valence-electron chi connectivity index (χ0n) is 20.9. The first kappa shape index (κ1) is 30.0.